The fraction of sp³-hybridized carbons (Fsp3) is 0.182. The molecule has 4 N–H and O–H groups in total. The number of rotatable bonds is 2. The quantitative estimate of drug-likeness (QED) is 0.699. The van der Waals surface area contributed by atoms with Crippen molar-refractivity contribution in [1.82, 2.24) is 10.2 Å². The second-order valence-corrected chi connectivity index (χ2v) is 6.34. The van der Waals surface area contributed by atoms with Crippen molar-refractivity contribution in [2.75, 3.05) is 12.0 Å². The number of H-pyrrole nitrogens is 1. The van der Waals surface area contributed by atoms with Crippen LogP contribution in [0.15, 0.2) is 17.3 Å². The summed E-state index contributed by atoms with van der Waals surface area (Å²) in [6.45, 7) is 0. The van der Waals surface area contributed by atoms with Crippen LogP contribution in [0, 0.1) is 4.78 Å². The Bertz CT molecular complexity index is 727. The van der Waals surface area contributed by atoms with Crippen LogP contribution in [-0.2, 0) is 16.9 Å². The first-order chi connectivity index (χ1) is 9.64. The summed E-state index contributed by atoms with van der Waals surface area (Å²) >= 11 is 11.9. The molecule has 4 nitrogen and oxygen atoms in total. The van der Waals surface area contributed by atoms with Crippen LogP contribution < -0.4 is 5.73 Å². The molecule has 21 heavy (non-hydrogen) atoms. The second kappa shape index (κ2) is 5.51. The van der Waals surface area contributed by atoms with E-state index in [1.807, 2.05) is 0 Å². The van der Waals surface area contributed by atoms with Crippen LogP contribution in [0.2, 0.25) is 10.0 Å². The van der Waals surface area contributed by atoms with Gasteiger partial charge in [0.25, 0.3) is 0 Å². The molecule has 1 aromatic heterocycles. The molecule has 1 atom stereocenters. The summed E-state index contributed by atoms with van der Waals surface area (Å²) in [4.78, 5) is 0. The average molecular weight is 357 g/mol. The van der Waals surface area contributed by atoms with Gasteiger partial charge in [0.1, 0.15) is 5.03 Å². The molecule has 1 unspecified atom stereocenters. The summed E-state index contributed by atoms with van der Waals surface area (Å²) in [5.41, 5.74) is 4.30. The Morgan fingerprint density at radius 1 is 1.38 bits per heavy atom. The van der Waals surface area contributed by atoms with Crippen molar-refractivity contribution in [3.8, 4) is 11.1 Å². The van der Waals surface area contributed by atoms with Crippen molar-refractivity contribution in [3.63, 3.8) is 0 Å². The molecule has 0 fully saturated rings. The Hall–Kier alpha value is -1.25. The number of benzene rings is 1. The predicted octanol–water partition coefficient (Wildman–Crippen LogP) is 4.35. The molecule has 0 saturated carbocycles. The number of halogens is 5. The van der Waals surface area contributed by atoms with Gasteiger partial charge in [-0.15, -0.1) is 0 Å². The van der Waals surface area contributed by atoms with Gasteiger partial charge in [-0.05, 0) is 12.3 Å². The number of nitrogens with one attached hydrogen (secondary N) is 2. The summed E-state index contributed by atoms with van der Waals surface area (Å²) in [5.74, 6) is 0. The molecule has 0 aliphatic heterocycles. The van der Waals surface area contributed by atoms with Crippen molar-refractivity contribution in [1.29, 1.82) is 4.78 Å². The lowest BCUT2D eigenvalue weighted by Gasteiger charge is -2.16. The van der Waals surface area contributed by atoms with Gasteiger partial charge in [0.2, 0.25) is 0 Å². The first-order valence-electron chi connectivity index (χ1n) is 5.40. The summed E-state index contributed by atoms with van der Waals surface area (Å²) in [6, 6.07) is 0.729. The molecular weight excluding hydrogens is 348 g/mol. The molecule has 0 radical (unpaired) electrons. The van der Waals surface area contributed by atoms with Gasteiger partial charge < -0.3 is 5.73 Å². The molecule has 2 rings (SSSR count). The van der Waals surface area contributed by atoms with Crippen LogP contribution in [-0.4, -0.2) is 16.5 Å². The smallest absolute Gasteiger partial charge is 0.397 e. The lowest BCUT2D eigenvalue weighted by molar-refractivity contribution is -0.136. The van der Waals surface area contributed by atoms with E-state index in [1.54, 1.807) is 6.26 Å². The molecule has 0 aliphatic rings. The minimum atomic E-state index is -4.65. The van der Waals surface area contributed by atoms with E-state index in [9.17, 15) is 13.2 Å². The molecule has 0 bridgehead atoms. The fourth-order valence-corrected chi connectivity index (χ4v) is 3.14. The fourth-order valence-electron chi connectivity index (χ4n) is 1.80. The number of nitrogens with zero attached hydrogens (tertiary/aromatic N) is 1. The minimum Gasteiger partial charge on any atom is -0.397 e. The molecule has 0 aliphatic carbocycles. The van der Waals surface area contributed by atoms with Crippen LogP contribution in [0.4, 0.5) is 18.9 Å². The van der Waals surface area contributed by atoms with Gasteiger partial charge in [-0.2, -0.15) is 18.3 Å². The molecule has 0 amide bonds. The lowest BCUT2D eigenvalue weighted by Crippen LogP contribution is -2.10. The van der Waals surface area contributed by atoms with E-state index >= 15 is 0 Å². The number of alkyl halides is 3. The molecule has 0 saturated heterocycles. The third kappa shape index (κ3) is 2.88. The first-order valence-corrected chi connectivity index (χ1v) is 7.79. The Morgan fingerprint density at radius 3 is 2.52 bits per heavy atom. The third-order valence-electron chi connectivity index (χ3n) is 2.74. The van der Waals surface area contributed by atoms with Crippen molar-refractivity contribution >= 4 is 39.6 Å². The zero-order chi connectivity index (χ0) is 15.9. The maximum atomic E-state index is 12.8. The first kappa shape index (κ1) is 16.1. The maximum absolute atomic E-state index is 12.8. The normalized spacial score (nSPS) is 13.4. The van der Waals surface area contributed by atoms with Crippen LogP contribution >= 0.6 is 23.2 Å². The molecule has 114 valence electrons. The van der Waals surface area contributed by atoms with Gasteiger partial charge in [0.15, 0.2) is 0 Å². The average Bonchev–Trinajstić information content (AvgIpc) is 2.81. The van der Waals surface area contributed by atoms with Gasteiger partial charge >= 0.3 is 6.18 Å². The molecule has 10 heteroatoms. The minimum absolute atomic E-state index is 0.138. The van der Waals surface area contributed by atoms with E-state index in [4.69, 9.17) is 33.7 Å². The highest BCUT2D eigenvalue weighted by atomic mass is 35.5. The number of aromatic nitrogens is 2. The molecular formula is C11H9Cl2F3N4S. The largest absolute Gasteiger partial charge is 0.418 e. The van der Waals surface area contributed by atoms with Gasteiger partial charge in [-0.3, -0.25) is 9.88 Å². The maximum Gasteiger partial charge on any atom is 0.418 e. The van der Waals surface area contributed by atoms with Gasteiger partial charge in [-0.25, -0.2) is 0 Å². The Balaban J connectivity index is 2.75. The highest BCUT2D eigenvalue weighted by Crippen LogP contribution is 2.46. The molecule has 0 spiro atoms. The van der Waals surface area contributed by atoms with Crippen LogP contribution in [0.25, 0.3) is 11.1 Å². The summed E-state index contributed by atoms with van der Waals surface area (Å²) in [5, 5.41) is 6.31. The number of nitrogen functional groups attached to an aromatic ring is 1. The topological polar surface area (TPSA) is 78.5 Å². The summed E-state index contributed by atoms with van der Waals surface area (Å²) in [6.07, 6.45) is -1.70. The standard InChI is InChI=1S/C11H9Cl2F3N4S/c1-21(18)10-4(3-19-20-10)7-6(12)2-5(11(14,15)16)9(17)8(7)13/h2-3,18H,17H2,1H3,(H,19,20). The van der Waals surface area contributed by atoms with Crippen molar-refractivity contribution in [2.45, 2.75) is 11.2 Å². The van der Waals surface area contributed by atoms with Gasteiger partial charge in [-0.1, -0.05) is 33.9 Å². The highest BCUT2D eigenvalue weighted by molar-refractivity contribution is 7.85. The van der Waals surface area contributed by atoms with E-state index in [-0.39, 0.29) is 15.6 Å². The van der Waals surface area contributed by atoms with Crippen LogP contribution in [0.3, 0.4) is 0 Å². The number of hydrogen-bond acceptors (Lipinski definition) is 3. The zero-order valence-corrected chi connectivity index (χ0v) is 12.8. The van der Waals surface area contributed by atoms with Crippen LogP contribution in [0.5, 0.6) is 0 Å². The highest BCUT2D eigenvalue weighted by Gasteiger charge is 2.35. The van der Waals surface area contributed by atoms with Crippen molar-refractivity contribution in [2.24, 2.45) is 0 Å². The number of aromatic amines is 1. The van der Waals surface area contributed by atoms with Gasteiger partial charge in [0, 0.05) is 11.1 Å². The lowest BCUT2D eigenvalue weighted by atomic mass is 10.0. The molecule has 1 aromatic carbocycles. The SMILES string of the molecule is CS(=N)c1[nH]ncc1-c1c(Cl)cc(C(F)(F)F)c(N)c1Cl. The Morgan fingerprint density at radius 2 is 2.00 bits per heavy atom. The van der Waals surface area contributed by atoms with Crippen molar-refractivity contribution in [3.05, 3.63) is 27.9 Å². The van der Waals surface area contributed by atoms with E-state index in [0.717, 1.165) is 6.07 Å². The predicted molar refractivity (Wildman–Crippen MR) is 77.7 cm³/mol. The second-order valence-electron chi connectivity index (χ2n) is 4.13. The zero-order valence-electron chi connectivity index (χ0n) is 10.5. The number of hydrogen-bond donors (Lipinski definition) is 3. The number of anilines is 1. The Labute approximate surface area is 130 Å². The van der Waals surface area contributed by atoms with E-state index in [2.05, 4.69) is 10.2 Å². The Kier molecular flexibility index (Phi) is 4.23. The van der Waals surface area contributed by atoms with E-state index in [0.29, 0.717) is 10.6 Å². The van der Waals surface area contributed by atoms with E-state index in [1.165, 1.54) is 6.20 Å². The van der Waals surface area contributed by atoms with Crippen LogP contribution in [0.1, 0.15) is 5.56 Å². The van der Waals surface area contributed by atoms with Crippen molar-refractivity contribution < 1.29 is 13.2 Å². The molecule has 1 heterocycles. The molecule has 2 aromatic rings. The van der Waals surface area contributed by atoms with E-state index < -0.39 is 28.1 Å². The number of nitrogens with two attached hydrogens (primary N) is 1. The summed E-state index contributed by atoms with van der Waals surface area (Å²) < 4.78 is 46.3. The monoisotopic (exact) mass is 356 g/mol. The van der Waals surface area contributed by atoms with Gasteiger partial charge in [0.05, 0.1) is 27.5 Å². The third-order valence-corrected chi connectivity index (χ3v) is 4.36. The summed E-state index contributed by atoms with van der Waals surface area (Å²) in [7, 11) is -0.954.